The number of hydrogen-bond donors (Lipinski definition) is 1. The Kier molecular flexibility index (Phi) is 5.36. The number of nitrogens with zero attached hydrogens (tertiary/aromatic N) is 3. The van der Waals surface area contributed by atoms with Crippen LogP contribution in [0.5, 0.6) is 0 Å². The Balaban J connectivity index is 2.15. The highest BCUT2D eigenvalue weighted by molar-refractivity contribution is 5.90. The summed E-state index contributed by atoms with van der Waals surface area (Å²) in [5, 5.41) is 25.5. The van der Waals surface area contributed by atoms with Gasteiger partial charge < -0.3 is 4.74 Å². The van der Waals surface area contributed by atoms with Crippen molar-refractivity contribution in [1.29, 1.82) is 0 Å². The fourth-order valence-corrected chi connectivity index (χ4v) is 1.88. The molecule has 2 aromatic rings. The van der Waals surface area contributed by atoms with Crippen molar-refractivity contribution < 1.29 is 19.4 Å². The van der Waals surface area contributed by atoms with Gasteiger partial charge in [-0.2, -0.15) is 5.10 Å². The highest BCUT2D eigenvalue weighted by atomic mass is 16.6. The maximum atomic E-state index is 11.3. The van der Waals surface area contributed by atoms with Gasteiger partial charge in [0.2, 0.25) is 0 Å². The van der Waals surface area contributed by atoms with E-state index in [0.29, 0.717) is 11.1 Å². The Hall–Kier alpha value is -3.82. The van der Waals surface area contributed by atoms with Crippen LogP contribution in [0.3, 0.4) is 0 Å². The summed E-state index contributed by atoms with van der Waals surface area (Å²) in [6.45, 7) is 0. The van der Waals surface area contributed by atoms with E-state index in [1.54, 1.807) is 24.3 Å². The Morgan fingerprint density at radius 3 is 2.36 bits per heavy atom. The molecule has 25 heavy (non-hydrogen) atoms. The van der Waals surface area contributed by atoms with Crippen molar-refractivity contribution in [1.82, 2.24) is 0 Å². The lowest BCUT2D eigenvalue weighted by Gasteiger charge is -2.02. The summed E-state index contributed by atoms with van der Waals surface area (Å²) in [5.74, 6) is -0.469. The van der Waals surface area contributed by atoms with Gasteiger partial charge >= 0.3 is 11.7 Å². The summed E-state index contributed by atoms with van der Waals surface area (Å²) >= 11 is 0. The Morgan fingerprint density at radius 2 is 1.80 bits per heavy atom. The fourth-order valence-electron chi connectivity index (χ4n) is 1.88. The molecule has 0 fully saturated rings. The molecule has 0 aliphatic rings. The number of rotatable bonds is 6. The normalized spacial score (nSPS) is 10.4. The second-order valence-corrected chi connectivity index (χ2v) is 4.70. The zero-order chi connectivity index (χ0) is 18.4. The van der Waals surface area contributed by atoms with E-state index in [0.717, 1.165) is 12.1 Å². The smallest absolute Gasteiger partial charge is 0.337 e. The van der Waals surface area contributed by atoms with E-state index >= 15 is 0 Å². The first-order valence-corrected chi connectivity index (χ1v) is 6.82. The van der Waals surface area contributed by atoms with Gasteiger partial charge in [-0.3, -0.25) is 25.7 Å². The zero-order valence-corrected chi connectivity index (χ0v) is 12.9. The molecule has 2 rings (SSSR count). The molecule has 10 nitrogen and oxygen atoms in total. The average Bonchev–Trinajstić information content (AvgIpc) is 2.61. The van der Waals surface area contributed by atoms with Crippen molar-refractivity contribution in [3.8, 4) is 0 Å². The minimum absolute atomic E-state index is 0.0121. The number of carbonyl (C=O) groups is 1. The minimum Gasteiger partial charge on any atom is -0.465 e. The van der Waals surface area contributed by atoms with Gasteiger partial charge in [-0.05, 0) is 23.8 Å². The van der Waals surface area contributed by atoms with Gasteiger partial charge in [-0.25, -0.2) is 4.79 Å². The molecule has 2 aromatic carbocycles. The number of non-ortho nitro benzene ring substituents is 1. The Bertz CT molecular complexity index is 848. The fraction of sp³-hybridized carbons (Fsp3) is 0.0667. The topological polar surface area (TPSA) is 137 Å². The lowest BCUT2D eigenvalue weighted by Crippen LogP contribution is -2.01. The van der Waals surface area contributed by atoms with Crippen LogP contribution in [0.1, 0.15) is 15.9 Å². The highest BCUT2D eigenvalue weighted by Gasteiger charge is 2.19. The number of benzene rings is 2. The van der Waals surface area contributed by atoms with Crippen molar-refractivity contribution in [3.05, 3.63) is 73.8 Å². The summed E-state index contributed by atoms with van der Waals surface area (Å²) in [7, 11) is 1.28. The molecule has 0 saturated heterocycles. The van der Waals surface area contributed by atoms with Gasteiger partial charge in [0.25, 0.3) is 5.69 Å². The number of ether oxygens (including phenoxy) is 1. The zero-order valence-electron chi connectivity index (χ0n) is 12.9. The van der Waals surface area contributed by atoms with Crippen LogP contribution in [-0.4, -0.2) is 29.1 Å². The van der Waals surface area contributed by atoms with Gasteiger partial charge in [0.1, 0.15) is 5.69 Å². The van der Waals surface area contributed by atoms with E-state index in [-0.39, 0.29) is 11.4 Å². The van der Waals surface area contributed by atoms with Crippen molar-refractivity contribution in [2.24, 2.45) is 5.10 Å². The van der Waals surface area contributed by atoms with Gasteiger partial charge in [0.15, 0.2) is 0 Å². The van der Waals surface area contributed by atoms with Crippen molar-refractivity contribution in [2.45, 2.75) is 0 Å². The van der Waals surface area contributed by atoms with Gasteiger partial charge in [-0.15, -0.1) is 0 Å². The number of nitrogens with one attached hydrogen (secondary N) is 1. The Morgan fingerprint density at radius 1 is 1.12 bits per heavy atom. The third-order valence-electron chi connectivity index (χ3n) is 3.12. The van der Waals surface area contributed by atoms with E-state index < -0.39 is 21.5 Å². The predicted molar refractivity (Wildman–Crippen MR) is 88.7 cm³/mol. The molecule has 0 radical (unpaired) electrons. The molecule has 0 aliphatic carbocycles. The molecular weight excluding hydrogens is 332 g/mol. The van der Waals surface area contributed by atoms with Crippen molar-refractivity contribution >= 4 is 29.2 Å². The van der Waals surface area contributed by atoms with E-state index in [4.69, 9.17) is 0 Å². The molecule has 0 unspecified atom stereocenters. The van der Waals surface area contributed by atoms with E-state index in [2.05, 4.69) is 15.3 Å². The van der Waals surface area contributed by atoms with Crippen LogP contribution in [0.2, 0.25) is 0 Å². The van der Waals surface area contributed by atoms with Crippen LogP contribution in [0.25, 0.3) is 0 Å². The molecule has 10 heteroatoms. The van der Waals surface area contributed by atoms with Crippen LogP contribution >= 0.6 is 0 Å². The monoisotopic (exact) mass is 344 g/mol. The number of carbonyl (C=O) groups excluding carboxylic acids is 1. The molecule has 0 spiro atoms. The molecule has 0 atom stereocenters. The van der Waals surface area contributed by atoms with Crippen LogP contribution in [0.15, 0.2) is 47.6 Å². The first kappa shape index (κ1) is 17.5. The second-order valence-electron chi connectivity index (χ2n) is 4.70. The minimum atomic E-state index is -0.740. The molecule has 0 saturated carbocycles. The van der Waals surface area contributed by atoms with Crippen LogP contribution < -0.4 is 5.43 Å². The largest absolute Gasteiger partial charge is 0.465 e. The lowest BCUT2D eigenvalue weighted by atomic mass is 10.1. The third-order valence-corrected chi connectivity index (χ3v) is 3.12. The van der Waals surface area contributed by atoms with E-state index in [1.165, 1.54) is 19.4 Å². The van der Waals surface area contributed by atoms with E-state index in [1.807, 2.05) is 0 Å². The number of hydrogen-bond acceptors (Lipinski definition) is 8. The summed E-state index contributed by atoms with van der Waals surface area (Å²) < 4.78 is 4.58. The first-order chi connectivity index (χ1) is 11.9. The number of nitro benzene ring substituents is 2. The second kappa shape index (κ2) is 7.64. The SMILES string of the molecule is COC(=O)c1ccc(/C=N/Nc2ccc([N+](=O)[O-])cc2[N+](=O)[O-])cc1. The molecular formula is C15H12N4O6. The Labute approximate surface area is 141 Å². The van der Waals surface area contributed by atoms with Gasteiger partial charge in [0, 0.05) is 6.07 Å². The van der Waals surface area contributed by atoms with Gasteiger partial charge in [0.05, 0.1) is 34.8 Å². The van der Waals surface area contributed by atoms with Crippen molar-refractivity contribution in [3.63, 3.8) is 0 Å². The van der Waals surface area contributed by atoms with Crippen LogP contribution in [-0.2, 0) is 4.74 Å². The lowest BCUT2D eigenvalue weighted by molar-refractivity contribution is -0.393. The summed E-state index contributed by atoms with van der Waals surface area (Å²) in [5.41, 5.74) is 2.63. The predicted octanol–water partition coefficient (Wildman–Crippen LogP) is 2.74. The molecule has 0 heterocycles. The molecule has 0 aliphatic heterocycles. The van der Waals surface area contributed by atoms with Gasteiger partial charge in [-0.1, -0.05) is 12.1 Å². The van der Waals surface area contributed by atoms with Crippen LogP contribution in [0, 0.1) is 20.2 Å². The first-order valence-electron chi connectivity index (χ1n) is 6.82. The third kappa shape index (κ3) is 4.34. The highest BCUT2D eigenvalue weighted by Crippen LogP contribution is 2.28. The standard InChI is InChI=1S/C15H12N4O6/c1-25-15(20)11-4-2-10(3-5-11)9-16-17-13-7-6-12(18(21)22)8-14(13)19(23)24/h2-9,17H,1H3/b16-9+. The molecule has 128 valence electrons. The van der Waals surface area contributed by atoms with Crippen molar-refractivity contribution in [2.75, 3.05) is 12.5 Å². The number of esters is 1. The molecule has 0 amide bonds. The summed E-state index contributed by atoms with van der Waals surface area (Å²) in [6.07, 6.45) is 1.38. The quantitative estimate of drug-likeness (QED) is 0.368. The maximum absolute atomic E-state index is 11.3. The summed E-state index contributed by atoms with van der Waals surface area (Å²) in [4.78, 5) is 31.6. The number of nitro groups is 2. The molecule has 0 bridgehead atoms. The maximum Gasteiger partial charge on any atom is 0.337 e. The molecule has 0 aromatic heterocycles. The van der Waals surface area contributed by atoms with E-state index in [9.17, 15) is 25.0 Å². The molecule has 1 N–H and O–H groups in total. The average molecular weight is 344 g/mol. The number of hydrazone groups is 1. The number of methoxy groups -OCH3 is 1. The summed E-state index contributed by atoms with van der Waals surface area (Å²) in [6, 6.07) is 9.50. The van der Waals surface area contributed by atoms with Crippen LogP contribution in [0.4, 0.5) is 17.1 Å². The number of anilines is 1.